The Morgan fingerprint density at radius 3 is 2.53 bits per heavy atom. The van der Waals surface area contributed by atoms with E-state index in [4.69, 9.17) is 10.8 Å². The molecule has 2 rings (SSSR count). The maximum atomic E-state index is 12.8. The lowest BCUT2D eigenvalue weighted by Gasteiger charge is -2.34. The average Bonchev–Trinajstić information content (AvgIpc) is 2.75. The molecule has 1 aliphatic carbocycles. The topological polar surface area (TPSA) is 66.6 Å². The first-order valence-corrected chi connectivity index (χ1v) is 7.82. The highest BCUT2D eigenvalue weighted by Crippen LogP contribution is 2.37. The van der Waals surface area contributed by atoms with Crippen molar-refractivity contribution in [2.75, 3.05) is 26.2 Å². The van der Waals surface area contributed by atoms with Crippen molar-refractivity contribution in [3.8, 4) is 0 Å². The van der Waals surface area contributed by atoms with Crippen LogP contribution in [0.15, 0.2) is 0 Å². The first-order chi connectivity index (χ1) is 9.22. The van der Waals surface area contributed by atoms with E-state index < -0.39 is 0 Å². The number of nitrogens with zero attached hydrogens (tertiary/aromatic N) is 1. The molecule has 0 radical (unpaired) electrons. The molecule has 1 atom stereocenters. The smallest absolute Gasteiger partial charge is 0.230 e. The second-order valence-electron chi connectivity index (χ2n) is 6.32. The molecule has 0 spiro atoms. The summed E-state index contributed by atoms with van der Waals surface area (Å²) in [4.78, 5) is 14.9. The van der Waals surface area contributed by atoms with Crippen molar-refractivity contribution in [3.63, 3.8) is 0 Å². The van der Waals surface area contributed by atoms with Crippen molar-refractivity contribution in [2.45, 2.75) is 51.4 Å². The second-order valence-corrected chi connectivity index (χ2v) is 6.32. The summed E-state index contributed by atoms with van der Waals surface area (Å²) in [6.07, 6.45) is 8.53. The van der Waals surface area contributed by atoms with Crippen molar-refractivity contribution in [1.29, 1.82) is 0 Å². The molecule has 19 heavy (non-hydrogen) atoms. The molecule has 1 unspecified atom stereocenters. The van der Waals surface area contributed by atoms with E-state index >= 15 is 0 Å². The Balaban J connectivity index is 2.00. The summed E-state index contributed by atoms with van der Waals surface area (Å²) >= 11 is 0. The average molecular weight is 268 g/mol. The Hall–Kier alpha value is -0.610. The largest absolute Gasteiger partial charge is 0.396 e. The molecule has 0 aromatic carbocycles. The third kappa shape index (κ3) is 3.29. The Bertz CT molecular complexity index is 299. The zero-order chi connectivity index (χ0) is 13.7. The highest BCUT2D eigenvalue weighted by atomic mass is 16.3. The van der Waals surface area contributed by atoms with Crippen molar-refractivity contribution < 1.29 is 9.90 Å². The van der Waals surface area contributed by atoms with Crippen LogP contribution in [-0.4, -0.2) is 42.2 Å². The van der Waals surface area contributed by atoms with E-state index in [1.165, 1.54) is 12.8 Å². The molecule has 110 valence electrons. The Kier molecular flexibility index (Phi) is 5.22. The predicted molar refractivity (Wildman–Crippen MR) is 75.6 cm³/mol. The van der Waals surface area contributed by atoms with Gasteiger partial charge in [0, 0.05) is 26.2 Å². The molecular formula is C15H28N2O2. The number of hydrogen-bond acceptors (Lipinski definition) is 3. The van der Waals surface area contributed by atoms with Crippen molar-refractivity contribution in [2.24, 2.45) is 17.1 Å². The molecule has 0 bridgehead atoms. The molecule has 1 amide bonds. The van der Waals surface area contributed by atoms with Gasteiger partial charge in [-0.2, -0.15) is 0 Å². The number of aliphatic hydroxyl groups excluding tert-OH is 1. The number of aliphatic hydroxyl groups is 1. The lowest BCUT2D eigenvalue weighted by Crippen LogP contribution is -2.47. The number of rotatable bonds is 4. The van der Waals surface area contributed by atoms with Crippen LogP contribution in [-0.2, 0) is 4.79 Å². The van der Waals surface area contributed by atoms with Gasteiger partial charge in [0.15, 0.2) is 0 Å². The second kappa shape index (κ2) is 6.71. The molecule has 1 heterocycles. The maximum absolute atomic E-state index is 12.8. The predicted octanol–water partition coefficient (Wildman–Crippen LogP) is 1.52. The quantitative estimate of drug-likeness (QED) is 0.760. The Morgan fingerprint density at radius 2 is 1.95 bits per heavy atom. The van der Waals surface area contributed by atoms with E-state index in [0.29, 0.717) is 12.5 Å². The third-order valence-electron chi connectivity index (χ3n) is 5.02. The maximum Gasteiger partial charge on any atom is 0.230 e. The van der Waals surface area contributed by atoms with Crippen LogP contribution in [0, 0.1) is 11.3 Å². The molecule has 3 N–H and O–H groups in total. The Labute approximate surface area is 116 Å². The molecule has 1 aliphatic heterocycles. The SMILES string of the molecule is NCC1(C(=O)N2CCC(CCO)C2)CCCCCC1. The molecule has 4 nitrogen and oxygen atoms in total. The van der Waals surface area contributed by atoms with Crippen molar-refractivity contribution in [1.82, 2.24) is 4.90 Å². The molecule has 0 aromatic heterocycles. The van der Waals surface area contributed by atoms with Crippen molar-refractivity contribution in [3.05, 3.63) is 0 Å². The van der Waals surface area contributed by atoms with E-state index in [-0.39, 0.29) is 17.9 Å². The number of amides is 1. The molecule has 0 aromatic rings. The summed E-state index contributed by atoms with van der Waals surface area (Å²) in [5, 5.41) is 9.01. The van der Waals surface area contributed by atoms with Crippen LogP contribution >= 0.6 is 0 Å². The van der Waals surface area contributed by atoms with Gasteiger partial charge in [-0.25, -0.2) is 0 Å². The number of hydrogen-bond donors (Lipinski definition) is 2. The van der Waals surface area contributed by atoms with Crippen LogP contribution < -0.4 is 5.73 Å². The number of carbonyl (C=O) groups is 1. The fourth-order valence-electron chi connectivity index (χ4n) is 3.68. The van der Waals surface area contributed by atoms with Crippen LogP contribution in [0.4, 0.5) is 0 Å². The van der Waals surface area contributed by atoms with E-state index in [2.05, 4.69) is 0 Å². The van der Waals surface area contributed by atoms with Crippen LogP contribution in [0.1, 0.15) is 51.4 Å². The summed E-state index contributed by atoms with van der Waals surface area (Å²) in [5.41, 5.74) is 5.69. The third-order valence-corrected chi connectivity index (χ3v) is 5.02. The zero-order valence-electron chi connectivity index (χ0n) is 11.9. The van der Waals surface area contributed by atoms with Gasteiger partial charge in [-0.1, -0.05) is 25.7 Å². The van der Waals surface area contributed by atoms with Gasteiger partial charge in [0.05, 0.1) is 5.41 Å². The lowest BCUT2D eigenvalue weighted by atomic mass is 9.79. The van der Waals surface area contributed by atoms with Gasteiger partial charge >= 0.3 is 0 Å². The van der Waals surface area contributed by atoms with Crippen molar-refractivity contribution >= 4 is 5.91 Å². The molecule has 1 saturated carbocycles. The van der Waals surface area contributed by atoms with E-state index in [1.54, 1.807) is 0 Å². The molecule has 1 saturated heterocycles. The first-order valence-electron chi connectivity index (χ1n) is 7.82. The molecule has 4 heteroatoms. The molecule has 2 aliphatic rings. The zero-order valence-corrected chi connectivity index (χ0v) is 11.9. The first kappa shape index (κ1) is 14.8. The van der Waals surface area contributed by atoms with E-state index in [1.807, 2.05) is 4.90 Å². The minimum Gasteiger partial charge on any atom is -0.396 e. The minimum absolute atomic E-state index is 0.231. The summed E-state index contributed by atoms with van der Waals surface area (Å²) in [5.74, 6) is 0.770. The van der Waals surface area contributed by atoms with Gasteiger partial charge in [0.1, 0.15) is 0 Å². The fraction of sp³-hybridized carbons (Fsp3) is 0.933. The number of nitrogens with two attached hydrogens (primary N) is 1. The summed E-state index contributed by atoms with van der Waals surface area (Å²) in [6, 6.07) is 0. The van der Waals surface area contributed by atoms with E-state index in [0.717, 1.165) is 51.6 Å². The fourth-order valence-corrected chi connectivity index (χ4v) is 3.68. The van der Waals surface area contributed by atoms with Crippen LogP contribution in [0.2, 0.25) is 0 Å². The summed E-state index contributed by atoms with van der Waals surface area (Å²) < 4.78 is 0. The van der Waals surface area contributed by atoms with Gasteiger partial charge in [0.2, 0.25) is 5.91 Å². The molecule has 2 fully saturated rings. The number of carbonyl (C=O) groups excluding carboxylic acids is 1. The van der Waals surface area contributed by atoms with Crippen LogP contribution in [0.3, 0.4) is 0 Å². The van der Waals surface area contributed by atoms with Gasteiger partial charge < -0.3 is 15.7 Å². The molecular weight excluding hydrogens is 240 g/mol. The normalized spacial score (nSPS) is 27.3. The van der Waals surface area contributed by atoms with Gasteiger partial charge in [-0.3, -0.25) is 4.79 Å². The standard InChI is InChI=1S/C15H28N2O2/c16-12-15(7-3-1-2-4-8-15)14(19)17-9-5-13(11-17)6-10-18/h13,18H,1-12,16H2. The van der Waals surface area contributed by atoms with Gasteiger partial charge in [-0.05, 0) is 31.6 Å². The Morgan fingerprint density at radius 1 is 1.26 bits per heavy atom. The van der Waals surface area contributed by atoms with Gasteiger partial charge in [0.25, 0.3) is 0 Å². The van der Waals surface area contributed by atoms with E-state index in [9.17, 15) is 4.79 Å². The monoisotopic (exact) mass is 268 g/mol. The van der Waals surface area contributed by atoms with Gasteiger partial charge in [-0.15, -0.1) is 0 Å². The summed E-state index contributed by atoms with van der Waals surface area (Å²) in [6.45, 7) is 2.40. The lowest BCUT2D eigenvalue weighted by molar-refractivity contribution is -0.141. The highest BCUT2D eigenvalue weighted by molar-refractivity contribution is 5.83. The van der Waals surface area contributed by atoms with Crippen LogP contribution in [0.5, 0.6) is 0 Å². The highest BCUT2D eigenvalue weighted by Gasteiger charge is 2.41. The van der Waals surface area contributed by atoms with Crippen LogP contribution in [0.25, 0.3) is 0 Å². The summed E-state index contributed by atoms with van der Waals surface area (Å²) in [7, 11) is 0. The number of likely N-dealkylation sites (tertiary alicyclic amines) is 1. The minimum atomic E-state index is -0.287.